The van der Waals surface area contributed by atoms with Gasteiger partial charge in [0.2, 0.25) is 0 Å². The lowest BCUT2D eigenvalue weighted by Crippen LogP contribution is -1.91. The van der Waals surface area contributed by atoms with E-state index in [1.165, 1.54) is 11.1 Å². The molecule has 0 aliphatic carbocycles. The number of aromatic nitrogens is 2. The van der Waals surface area contributed by atoms with Gasteiger partial charge in [0.05, 0.1) is 6.33 Å². The van der Waals surface area contributed by atoms with E-state index >= 15 is 0 Å². The fourth-order valence-electron chi connectivity index (χ4n) is 1.55. The third kappa shape index (κ3) is 2.34. The minimum atomic E-state index is 0.949. The predicted octanol–water partition coefficient (Wildman–Crippen LogP) is 2.99. The molecular weight excluding hydrogens is 184 g/mol. The molecule has 0 amide bonds. The SMILES string of the molecule is C=C(C)Cc1ccc(-n2ccnc2)cc1. The van der Waals surface area contributed by atoms with E-state index in [0.29, 0.717) is 0 Å². The number of allylic oxidation sites excluding steroid dienone is 1. The zero-order valence-electron chi connectivity index (χ0n) is 8.85. The van der Waals surface area contributed by atoms with E-state index < -0.39 is 0 Å². The molecule has 76 valence electrons. The van der Waals surface area contributed by atoms with Gasteiger partial charge in [0.15, 0.2) is 0 Å². The first-order chi connectivity index (χ1) is 7.25. The lowest BCUT2D eigenvalue weighted by molar-refractivity contribution is 1.05. The van der Waals surface area contributed by atoms with E-state index in [4.69, 9.17) is 0 Å². The maximum atomic E-state index is 4.02. The predicted molar refractivity (Wildman–Crippen MR) is 62.1 cm³/mol. The Balaban J connectivity index is 2.21. The topological polar surface area (TPSA) is 17.8 Å². The molecule has 0 fully saturated rings. The molecule has 0 unspecified atom stereocenters. The Hall–Kier alpha value is -1.83. The summed E-state index contributed by atoms with van der Waals surface area (Å²) in [6.07, 6.45) is 6.47. The molecule has 1 aromatic heterocycles. The van der Waals surface area contributed by atoms with Crippen molar-refractivity contribution in [2.75, 3.05) is 0 Å². The summed E-state index contributed by atoms with van der Waals surface area (Å²) in [5.41, 5.74) is 3.62. The molecule has 2 rings (SSSR count). The zero-order chi connectivity index (χ0) is 10.7. The third-order valence-electron chi connectivity index (χ3n) is 2.24. The molecule has 0 bridgehead atoms. The van der Waals surface area contributed by atoms with Gasteiger partial charge in [0, 0.05) is 18.1 Å². The number of rotatable bonds is 3. The molecular formula is C13H14N2. The summed E-state index contributed by atoms with van der Waals surface area (Å²) in [6, 6.07) is 8.45. The zero-order valence-corrected chi connectivity index (χ0v) is 8.85. The fraction of sp³-hybridized carbons (Fsp3) is 0.154. The summed E-state index contributed by atoms with van der Waals surface area (Å²) in [7, 11) is 0. The second kappa shape index (κ2) is 4.13. The molecule has 0 radical (unpaired) electrons. The average Bonchev–Trinajstić information content (AvgIpc) is 2.71. The van der Waals surface area contributed by atoms with Gasteiger partial charge in [-0.1, -0.05) is 24.3 Å². The lowest BCUT2D eigenvalue weighted by atomic mass is 10.1. The van der Waals surface area contributed by atoms with Gasteiger partial charge in [0.1, 0.15) is 0 Å². The van der Waals surface area contributed by atoms with Gasteiger partial charge < -0.3 is 4.57 Å². The third-order valence-corrected chi connectivity index (χ3v) is 2.24. The summed E-state index contributed by atoms with van der Waals surface area (Å²) < 4.78 is 1.99. The van der Waals surface area contributed by atoms with Gasteiger partial charge in [-0.15, -0.1) is 0 Å². The highest BCUT2D eigenvalue weighted by Crippen LogP contribution is 2.11. The Kier molecular flexibility index (Phi) is 2.68. The number of hydrogen-bond donors (Lipinski definition) is 0. The molecule has 2 heteroatoms. The highest BCUT2D eigenvalue weighted by molar-refractivity contribution is 5.35. The minimum Gasteiger partial charge on any atom is -0.306 e. The van der Waals surface area contributed by atoms with E-state index in [-0.39, 0.29) is 0 Å². The first kappa shape index (κ1) is 9.71. The van der Waals surface area contributed by atoms with Crippen molar-refractivity contribution < 1.29 is 0 Å². The van der Waals surface area contributed by atoms with Crippen molar-refractivity contribution in [3.8, 4) is 5.69 Å². The molecule has 0 atom stereocenters. The van der Waals surface area contributed by atoms with E-state index in [0.717, 1.165) is 12.1 Å². The molecule has 15 heavy (non-hydrogen) atoms. The molecule has 0 saturated heterocycles. The van der Waals surface area contributed by atoms with Crippen LogP contribution in [0.3, 0.4) is 0 Å². The van der Waals surface area contributed by atoms with Crippen molar-refractivity contribution in [2.24, 2.45) is 0 Å². The Bertz CT molecular complexity index is 438. The van der Waals surface area contributed by atoms with Crippen molar-refractivity contribution in [2.45, 2.75) is 13.3 Å². The number of imidazole rings is 1. The lowest BCUT2D eigenvalue weighted by Gasteiger charge is -2.04. The van der Waals surface area contributed by atoms with Crippen LogP contribution in [-0.2, 0) is 6.42 Å². The van der Waals surface area contributed by atoms with Gasteiger partial charge in [-0.3, -0.25) is 0 Å². The Morgan fingerprint density at radius 3 is 2.60 bits per heavy atom. The summed E-state index contributed by atoms with van der Waals surface area (Å²) in [4.78, 5) is 4.02. The van der Waals surface area contributed by atoms with Gasteiger partial charge in [-0.25, -0.2) is 4.98 Å². The van der Waals surface area contributed by atoms with Gasteiger partial charge in [-0.2, -0.15) is 0 Å². The summed E-state index contributed by atoms with van der Waals surface area (Å²) in [5.74, 6) is 0. The van der Waals surface area contributed by atoms with Crippen LogP contribution in [0.4, 0.5) is 0 Å². The van der Waals surface area contributed by atoms with Crippen LogP contribution >= 0.6 is 0 Å². The molecule has 0 saturated carbocycles. The molecule has 1 aromatic carbocycles. The molecule has 0 aliphatic heterocycles. The summed E-state index contributed by atoms with van der Waals surface area (Å²) >= 11 is 0. The Labute approximate surface area is 89.9 Å². The van der Waals surface area contributed by atoms with E-state index in [9.17, 15) is 0 Å². The monoisotopic (exact) mass is 198 g/mol. The van der Waals surface area contributed by atoms with E-state index in [1.807, 2.05) is 17.7 Å². The standard InChI is InChI=1S/C13H14N2/c1-11(2)9-12-3-5-13(6-4-12)15-8-7-14-10-15/h3-8,10H,1,9H2,2H3. The van der Waals surface area contributed by atoms with Crippen LogP contribution in [0.2, 0.25) is 0 Å². The van der Waals surface area contributed by atoms with Gasteiger partial charge >= 0.3 is 0 Å². The number of benzene rings is 1. The summed E-state index contributed by atoms with van der Waals surface area (Å²) in [5, 5.41) is 0. The largest absolute Gasteiger partial charge is 0.306 e. The minimum absolute atomic E-state index is 0.949. The van der Waals surface area contributed by atoms with Crippen LogP contribution in [0.5, 0.6) is 0 Å². The van der Waals surface area contributed by atoms with Gasteiger partial charge in [-0.05, 0) is 31.0 Å². The van der Waals surface area contributed by atoms with Crippen molar-refractivity contribution in [1.29, 1.82) is 0 Å². The quantitative estimate of drug-likeness (QED) is 0.693. The molecule has 2 nitrogen and oxygen atoms in total. The van der Waals surface area contributed by atoms with Crippen LogP contribution in [0.25, 0.3) is 5.69 Å². The highest BCUT2D eigenvalue weighted by Gasteiger charge is 1.96. The van der Waals surface area contributed by atoms with E-state index in [1.54, 1.807) is 12.5 Å². The normalized spacial score (nSPS) is 10.2. The van der Waals surface area contributed by atoms with Crippen molar-refractivity contribution in [3.63, 3.8) is 0 Å². The van der Waals surface area contributed by atoms with E-state index in [2.05, 4.69) is 35.8 Å². The second-order valence-corrected chi connectivity index (χ2v) is 3.77. The molecule has 0 aliphatic rings. The maximum absolute atomic E-state index is 4.02. The highest BCUT2D eigenvalue weighted by atomic mass is 15.0. The molecule has 0 spiro atoms. The molecule has 2 aromatic rings. The first-order valence-electron chi connectivity index (χ1n) is 4.97. The van der Waals surface area contributed by atoms with Crippen LogP contribution in [-0.4, -0.2) is 9.55 Å². The Morgan fingerprint density at radius 1 is 1.33 bits per heavy atom. The number of hydrogen-bond acceptors (Lipinski definition) is 1. The van der Waals surface area contributed by atoms with Crippen LogP contribution in [0.1, 0.15) is 12.5 Å². The Morgan fingerprint density at radius 2 is 2.07 bits per heavy atom. The maximum Gasteiger partial charge on any atom is 0.0991 e. The van der Waals surface area contributed by atoms with Crippen LogP contribution in [0, 0.1) is 0 Å². The fourth-order valence-corrected chi connectivity index (χ4v) is 1.55. The second-order valence-electron chi connectivity index (χ2n) is 3.77. The van der Waals surface area contributed by atoms with Gasteiger partial charge in [0.25, 0.3) is 0 Å². The summed E-state index contributed by atoms with van der Waals surface area (Å²) in [6.45, 7) is 5.95. The smallest absolute Gasteiger partial charge is 0.0991 e. The molecule has 1 heterocycles. The van der Waals surface area contributed by atoms with Crippen molar-refractivity contribution >= 4 is 0 Å². The van der Waals surface area contributed by atoms with Crippen LogP contribution < -0.4 is 0 Å². The first-order valence-corrected chi connectivity index (χ1v) is 4.97. The van der Waals surface area contributed by atoms with Crippen molar-refractivity contribution in [1.82, 2.24) is 9.55 Å². The average molecular weight is 198 g/mol. The molecule has 0 N–H and O–H groups in total. The van der Waals surface area contributed by atoms with Crippen LogP contribution in [0.15, 0.2) is 55.1 Å². The van der Waals surface area contributed by atoms with Crippen molar-refractivity contribution in [3.05, 3.63) is 60.7 Å². The number of nitrogens with zero attached hydrogens (tertiary/aromatic N) is 2.